The number of pyridine rings is 1. The van der Waals surface area contributed by atoms with E-state index in [1.807, 2.05) is 13.8 Å². The van der Waals surface area contributed by atoms with Gasteiger partial charge in [-0.25, -0.2) is 13.5 Å². The number of hydrogen-bond acceptors (Lipinski definition) is 7. The fourth-order valence-electron chi connectivity index (χ4n) is 3.30. The number of amides is 2. The molecular weight excluding hydrogens is 460 g/mol. The van der Waals surface area contributed by atoms with Crippen molar-refractivity contribution in [2.75, 3.05) is 11.1 Å². The molecule has 3 aromatic rings. The maximum atomic E-state index is 13.9. The Bertz CT molecular complexity index is 1240. The molecule has 0 aromatic carbocycles. The maximum Gasteiger partial charge on any atom is 0.257 e. The summed E-state index contributed by atoms with van der Waals surface area (Å²) in [6.45, 7) is 8.83. The number of carbonyl (C=O) groups excluding carboxylic acids is 2. The highest BCUT2D eigenvalue weighted by molar-refractivity contribution is 6.03. The second-order valence-electron chi connectivity index (χ2n) is 9.29. The third-order valence-corrected chi connectivity index (χ3v) is 6.08. The molecule has 3 heterocycles. The number of hydrogen-bond donors (Lipinski definition) is 3. The normalized spacial score (nSPS) is 13.2. The Morgan fingerprint density at radius 3 is 2.34 bits per heavy atom. The van der Waals surface area contributed by atoms with Crippen LogP contribution in [-0.2, 0) is 10.2 Å². The minimum absolute atomic E-state index is 0.0274. The molecule has 0 aliphatic heterocycles. The molecule has 10 nitrogen and oxygen atoms in total. The molecule has 5 N–H and O–H groups in total. The lowest BCUT2D eigenvalue weighted by molar-refractivity contribution is -0.117. The zero-order valence-corrected chi connectivity index (χ0v) is 20.4. The Morgan fingerprint density at radius 1 is 1.17 bits per heavy atom. The minimum atomic E-state index is -3.06. The van der Waals surface area contributed by atoms with Crippen LogP contribution in [0, 0.1) is 0 Å². The van der Waals surface area contributed by atoms with Crippen LogP contribution in [0.1, 0.15) is 75.2 Å². The van der Waals surface area contributed by atoms with Crippen molar-refractivity contribution in [3.63, 3.8) is 0 Å². The first-order chi connectivity index (χ1) is 16.1. The van der Waals surface area contributed by atoms with Crippen LogP contribution in [0.25, 0.3) is 11.4 Å². The number of halogens is 2. The van der Waals surface area contributed by atoms with E-state index in [1.165, 1.54) is 30.8 Å². The second-order valence-corrected chi connectivity index (χ2v) is 9.29. The van der Waals surface area contributed by atoms with Crippen molar-refractivity contribution in [2.45, 2.75) is 64.8 Å². The number of carbonyl (C=O) groups is 2. The summed E-state index contributed by atoms with van der Waals surface area (Å²) in [7, 11) is 0. The van der Waals surface area contributed by atoms with Crippen molar-refractivity contribution in [1.82, 2.24) is 19.9 Å². The third kappa shape index (κ3) is 4.86. The van der Waals surface area contributed by atoms with Gasteiger partial charge in [-0.15, -0.1) is 0 Å². The SMILES string of the molecule is CC(C(=O)Nc1cc(C(C)(C)C(C)(F)F)on1)c1ccc(-c2nn(C(C)C)c(N)c2C(N)=O)nc1. The van der Waals surface area contributed by atoms with Crippen LogP contribution < -0.4 is 16.8 Å². The van der Waals surface area contributed by atoms with E-state index in [-0.39, 0.29) is 34.7 Å². The van der Waals surface area contributed by atoms with Gasteiger partial charge < -0.3 is 21.3 Å². The van der Waals surface area contributed by atoms with E-state index in [4.69, 9.17) is 16.0 Å². The molecule has 188 valence electrons. The second kappa shape index (κ2) is 9.08. The number of alkyl halides is 2. The first kappa shape index (κ1) is 25.8. The van der Waals surface area contributed by atoms with E-state index in [9.17, 15) is 18.4 Å². The number of nitrogens with one attached hydrogen (secondary N) is 1. The van der Waals surface area contributed by atoms with Crippen LogP contribution in [0.4, 0.5) is 20.4 Å². The molecule has 0 bridgehead atoms. The number of nitrogen functional groups attached to an aromatic ring is 1. The van der Waals surface area contributed by atoms with Crippen molar-refractivity contribution in [2.24, 2.45) is 5.73 Å². The van der Waals surface area contributed by atoms with E-state index >= 15 is 0 Å². The predicted octanol–water partition coefficient (Wildman–Crippen LogP) is 3.87. The van der Waals surface area contributed by atoms with E-state index in [1.54, 1.807) is 19.1 Å². The number of nitrogens with zero attached hydrogens (tertiary/aromatic N) is 4. The van der Waals surface area contributed by atoms with Gasteiger partial charge in [0.05, 0.1) is 17.0 Å². The summed E-state index contributed by atoms with van der Waals surface area (Å²) in [5.74, 6) is -4.75. The van der Waals surface area contributed by atoms with Gasteiger partial charge in [-0.1, -0.05) is 11.2 Å². The molecule has 0 saturated heterocycles. The van der Waals surface area contributed by atoms with Crippen LogP contribution >= 0.6 is 0 Å². The fraction of sp³-hybridized carbons (Fsp3) is 0.435. The van der Waals surface area contributed by atoms with Crippen molar-refractivity contribution >= 4 is 23.5 Å². The van der Waals surface area contributed by atoms with Crippen molar-refractivity contribution < 1.29 is 22.9 Å². The highest BCUT2D eigenvalue weighted by atomic mass is 19.3. The lowest BCUT2D eigenvalue weighted by Crippen LogP contribution is -2.37. The number of rotatable bonds is 8. The first-order valence-electron chi connectivity index (χ1n) is 10.9. The minimum Gasteiger partial charge on any atom is -0.383 e. The van der Waals surface area contributed by atoms with Gasteiger partial charge in [0.2, 0.25) is 5.91 Å². The Morgan fingerprint density at radius 2 is 1.83 bits per heavy atom. The lowest BCUT2D eigenvalue weighted by atomic mass is 9.84. The Kier molecular flexibility index (Phi) is 6.69. The molecule has 0 fully saturated rings. The molecule has 12 heteroatoms. The third-order valence-electron chi connectivity index (χ3n) is 6.08. The Balaban J connectivity index is 1.79. The van der Waals surface area contributed by atoms with Crippen molar-refractivity contribution in [1.29, 1.82) is 0 Å². The molecule has 1 atom stereocenters. The van der Waals surface area contributed by atoms with E-state index in [0.717, 1.165) is 6.92 Å². The molecule has 0 aliphatic rings. The monoisotopic (exact) mass is 489 g/mol. The smallest absolute Gasteiger partial charge is 0.257 e. The molecule has 35 heavy (non-hydrogen) atoms. The molecule has 1 unspecified atom stereocenters. The van der Waals surface area contributed by atoms with E-state index < -0.39 is 29.1 Å². The number of primary amides is 1. The van der Waals surface area contributed by atoms with Gasteiger partial charge in [0.25, 0.3) is 11.8 Å². The molecule has 0 aliphatic carbocycles. The quantitative estimate of drug-likeness (QED) is 0.434. The molecule has 0 radical (unpaired) electrons. The maximum absolute atomic E-state index is 13.9. The van der Waals surface area contributed by atoms with Gasteiger partial charge in [-0.2, -0.15) is 5.10 Å². The average molecular weight is 490 g/mol. The number of aromatic nitrogens is 4. The summed E-state index contributed by atoms with van der Waals surface area (Å²) in [5.41, 5.74) is 11.2. The Hall–Kier alpha value is -3.83. The average Bonchev–Trinajstić information content (AvgIpc) is 3.37. The molecular formula is C23H29F2N7O3. The summed E-state index contributed by atoms with van der Waals surface area (Å²) < 4.78 is 34.3. The number of anilines is 2. The molecule has 3 aromatic heterocycles. The van der Waals surface area contributed by atoms with Crippen LogP contribution in [0.2, 0.25) is 0 Å². The molecule has 0 saturated carbocycles. The summed E-state index contributed by atoms with van der Waals surface area (Å²) in [4.78, 5) is 29.0. The van der Waals surface area contributed by atoms with E-state index in [2.05, 4.69) is 20.6 Å². The first-order valence-corrected chi connectivity index (χ1v) is 10.9. The van der Waals surface area contributed by atoms with E-state index in [0.29, 0.717) is 11.3 Å². The molecule has 3 rings (SSSR count). The van der Waals surface area contributed by atoms with Gasteiger partial charge in [-0.05, 0) is 46.2 Å². The summed E-state index contributed by atoms with van der Waals surface area (Å²) >= 11 is 0. The van der Waals surface area contributed by atoms with Crippen LogP contribution in [0.15, 0.2) is 28.9 Å². The molecule has 0 spiro atoms. The lowest BCUT2D eigenvalue weighted by Gasteiger charge is -2.28. The highest BCUT2D eigenvalue weighted by Gasteiger charge is 2.46. The van der Waals surface area contributed by atoms with Crippen molar-refractivity contribution in [3.8, 4) is 11.4 Å². The number of nitrogens with two attached hydrogens (primary N) is 2. The zero-order chi connectivity index (χ0) is 26.3. The standard InChI is InChI=1S/C23H29F2N7O3/c1-11(2)32-19(26)17(20(27)33)18(30-32)14-8-7-13(10-28-14)12(3)21(34)29-16-9-15(35-31-16)22(4,5)23(6,24)25/h7-12H,26H2,1-6H3,(H2,27,33)(H,29,31,34). The van der Waals surface area contributed by atoms with Crippen LogP contribution in [0.3, 0.4) is 0 Å². The van der Waals surface area contributed by atoms with Gasteiger partial charge in [0.1, 0.15) is 17.1 Å². The summed E-state index contributed by atoms with van der Waals surface area (Å²) in [6, 6.07) is 4.45. The Labute approximate surface area is 201 Å². The molecule has 2 amide bonds. The zero-order valence-electron chi connectivity index (χ0n) is 20.4. The van der Waals surface area contributed by atoms with Gasteiger partial charge in [0.15, 0.2) is 11.6 Å². The largest absolute Gasteiger partial charge is 0.383 e. The van der Waals surface area contributed by atoms with Gasteiger partial charge in [-0.3, -0.25) is 14.6 Å². The fourth-order valence-corrected chi connectivity index (χ4v) is 3.30. The summed E-state index contributed by atoms with van der Waals surface area (Å²) in [5, 5.41) is 10.6. The van der Waals surface area contributed by atoms with Crippen molar-refractivity contribution in [3.05, 3.63) is 41.3 Å². The van der Waals surface area contributed by atoms with Crippen LogP contribution in [0.5, 0.6) is 0 Å². The topological polar surface area (TPSA) is 155 Å². The summed E-state index contributed by atoms with van der Waals surface area (Å²) in [6.07, 6.45) is 1.48. The highest BCUT2D eigenvalue weighted by Crippen LogP contribution is 2.39. The predicted molar refractivity (Wildman–Crippen MR) is 126 cm³/mol. The van der Waals surface area contributed by atoms with Crippen LogP contribution in [-0.4, -0.2) is 37.7 Å². The van der Waals surface area contributed by atoms with Gasteiger partial charge >= 0.3 is 0 Å². The van der Waals surface area contributed by atoms with Gasteiger partial charge in [0, 0.05) is 25.2 Å².